The molecule has 0 amide bonds. The molecule has 6 nitrogen and oxygen atoms in total. The van der Waals surface area contributed by atoms with Crippen molar-refractivity contribution in [3.8, 4) is 0 Å². The van der Waals surface area contributed by atoms with Crippen LogP contribution in [0.5, 0.6) is 0 Å². The summed E-state index contributed by atoms with van der Waals surface area (Å²) in [4.78, 5) is 2.83. The average molecular weight is 437 g/mol. The third-order valence-corrected chi connectivity index (χ3v) is 7.36. The second-order valence-corrected chi connectivity index (χ2v) is 11.4. The van der Waals surface area contributed by atoms with Gasteiger partial charge in [0.05, 0.1) is 18.1 Å². The smallest absolute Gasteiger partial charge is 0.257 e. The molecule has 0 aromatic heterocycles. The Balaban J connectivity index is 1.68. The van der Waals surface area contributed by atoms with E-state index in [4.69, 9.17) is 9.47 Å². The topological polar surface area (TPSA) is 76.7 Å². The van der Waals surface area contributed by atoms with Crippen molar-refractivity contribution in [3.05, 3.63) is 41.1 Å². The van der Waals surface area contributed by atoms with Crippen molar-refractivity contribution in [2.45, 2.75) is 77.4 Å². The van der Waals surface area contributed by atoms with Crippen LogP contribution >= 0.6 is 0 Å². The molecule has 2 aliphatic rings. The number of sulfonamides is 1. The summed E-state index contributed by atoms with van der Waals surface area (Å²) in [5.74, 6) is -0.194. The minimum absolute atomic E-state index is 0.0396. The van der Waals surface area contributed by atoms with Crippen LogP contribution in [0, 0.1) is 18.3 Å². The Morgan fingerprint density at radius 1 is 1.10 bits per heavy atom. The number of aryl methyl sites for hydroxylation is 1. The number of hydrazine groups is 1. The van der Waals surface area contributed by atoms with Gasteiger partial charge in [0.15, 0.2) is 5.79 Å². The molecule has 0 unspecified atom stereocenters. The van der Waals surface area contributed by atoms with Crippen molar-refractivity contribution in [1.82, 2.24) is 10.3 Å². The predicted molar refractivity (Wildman–Crippen MR) is 118 cm³/mol. The lowest BCUT2D eigenvalue weighted by Crippen LogP contribution is -2.45. The Morgan fingerprint density at radius 3 is 2.37 bits per heavy atom. The highest BCUT2D eigenvalue weighted by molar-refractivity contribution is 7.89. The Bertz CT molecular complexity index is 865. The van der Waals surface area contributed by atoms with Crippen molar-refractivity contribution < 1.29 is 17.9 Å². The van der Waals surface area contributed by atoms with Crippen LogP contribution in [0.4, 0.5) is 0 Å². The number of nitrogens with one attached hydrogen (secondary N) is 2. The number of rotatable bonds is 7. The van der Waals surface area contributed by atoms with Gasteiger partial charge < -0.3 is 14.9 Å². The molecule has 1 atom stereocenters. The summed E-state index contributed by atoms with van der Waals surface area (Å²) in [5.41, 5.74) is 6.33. The number of hydrogen-bond acceptors (Lipinski definition) is 5. The molecule has 1 aliphatic carbocycles. The van der Waals surface area contributed by atoms with Crippen LogP contribution in [0.2, 0.25) is 0 Å². The van der Waals surface area contributed by atoms with Gasteiger partial charge >= 0.3 is 0 Å². The fourth-order valence-electron chi connectivity index (χ4n) is 3.95. The Morgan fingerprint density at radius 2 is 1.73 bits per heavy atom. The fourth-order valence-corrected chi connectivity index (χ4v) is 4.82. The van der Waals surface area contributed by atoms with Gasteiger partial charge in [-0.2, -0.15) is 0 Å². The van der Waals surface area contributed by atoms with Gasteiger partial charge in [-0.25, -0.2) is 8.42 Å². The molecular formula is C23H36N2O4S. The molecule has 0 spiro atoms. The predicted octanol–water partition coefficient (Wildman–Crippen LogP) is 4.42. The molecule has 30 heavy (non-hydrogen) atoms. The van der Waals surface area contributed by atoms with Crippen LogP contribution in [-0.4, -0.2) is 27.4 Å². The van der Waals surface area contributed by atoms with Gasteiger partial charge in [0, 0.05) is 17.5 Å². The van der Waals surface area contributed by atoms with E-state index in [0.29, 0.717) is 19.1 Å². The lowest BCUT2D eigenvalue weighted by atomic mass is 9.83. The van der Waals surface area contributed by atoms with E-state index in [9.17, 15) is 8.42 Å². The van der Waals surface area contributed by atoms with E-state index in [-0.39, 0.29) is 10.3 Å². The van der Waals surface area contributed by atoms with Gasteiger partial charge in [-0.05, 0) is 63.2 Å². The summed E-state index contributed by atoms with van der Waals surface area (Å²) in [6.07, 6.45) is 4.54. The second kappa shape index (κ2) is 8.99. The Hall–Kier alpha value is -1.41. The van der Waals surface area contributed by atoms with Gasteiger partial charge in [-0.15, -0.1) is 4.83 Å². The van der Waals surface area contributed by atoms with E-state index >= 15 is 0 Å². The second-order valence-electron chi connectivity index (χ2n) is 9.72. The zero-order chi connectivity index (χ0) is 22.0. The van der Waals surface area contributed by atoms with E-state index in [0.717, 1.165) is 43.4 Å². The van der Waals surface area contributed by atoms with E-state index < -0.39 is 15.8 Å². The van der Waals surface area contributed by atoms with Crippen LogP contribution in [0.15, 0.2) is 40.4 Å². The van der Waals surface area contributed by atoms with Crippen LogP contribution in [0.25, 0.3) is 0 Å². The van der Waals surface area contributed by atoms with Crippen LogP contribution < -0.4 is 10.3 Å². The van der Waals surface area contributed by atoms with E-state index in [1.165, 1.54) is 5.57 Å². The van der Waals surface area contributed by atoms with Gasteiger partial charge in [0.1, 0.15) is 0 Å². The first-order valence-corrected chi connectivity index (χ1v) is 12.3. The van der Waals surface area contributed by atoms with E-state index in [2.05, 4.69) is 31.0 Å². The lowest BCUT2D eigenvalue weighted by Gasteiger charge is -2.42. The first kappa shape index (κ1) is 23.3. The Kier molecular flexibility index (Phi) is 6.97. The molecule has 3 rings (SSSR count). The number of benzene rings is 1. The molecule has 7 heteroatoms. The maximum absolute atomic E-state index is 12.7. The van der Waals surface area contributed by atoms with E-state index in [1.807, 2.05) is 13.8 Å². The molecule has 2 N–H and O–H groups in total. The quantitative estimate of drug-likeness (QED) is 0.619. The highest BCUT2D eigenvalue weighted by atomic mass is 32.2. The molecule has 0 saturated carbocycles. The van der Waals surface area contributed by atoms with Gasteiger partial charge in [0.25, 0.3) is 10.0 Å². The number of ether oxygens (including phenoxy) is 2. The molecule has 1 aliphatic heterocycles. The normalized spacial score (nSPS) is 24.0. The van der Waals surface area contributed by atoms with Crippen molar-refractivity contribution in [2.75, 3.05) is 13.2 Å². The summed E-state index contributed by atoms with van der Waals surface area (Å²) in [6.45, 7) is 11.8. The monoisotopic (exact) mass is 436 g/mol. The molecule has 168 valence electrons. The largest absolute Gasteiger partial charge is 0.350 e. The highest BCUT2D eigenvalue weighted by Crippen LogP contribution is 2.37. The van der Waals surface area contributed by atoms with Crippen LogP contribution in [-0.2, 0) is 19.5 Å². The molecule has 1 aromatic carbocycles. The average Bonchev–Trinajstić information content (AvgIpc) is 2.69. The summed E-state index contributed by atoms with van der Waals surface area (Å²) in [6, 6.07) is 6.85. The van der Waals surface area contributed by atoms with Crippen LogP contribution in [0.3, 0.4) is 0 Å². The zero-order valence-corrected chi connectivity index (χ0v) is 19.7. The van der Waals surface area contributed by atoms with Crippen molar-refractivity contribution in [2.24, 2.45) is 11.3 Å². The van der Waals surface area contributed by atoms with Gasteiger partial charge in [-0.3, -0.25) is 0 Å². The highest BCUT2D eigenvalue weighted by Gasteiger charge is 2.37. The van der Waals surface area contributed by atoms with Crippen molar-refractivity contribution in [1.29, 1.82) is 0 Å². The Labute approximate surface area is 181 Å². The molecule has 1 fully saturated rings. The van der Waals surface area contributed by atoms with Crippen LogP contribution in [0.1, 0.15) is 65.4 Å². The first-order valence-electron chi connectivity index (χ1n) is 10.8. The molecule has 0 radical (unpaired) electrons. The molecule has 1 heterocycles. The molecule has 1 saturated heterocycles. The third kappa shape index (κ3) is 5.84. The minimum Gasteiger partial charge on any atom is -0.350 e. The lowest BCUT2D eigenvalue weighted by molar-refractivity contribution is -0.291. The van der Waals surface area contributed by atoms with E-state index in [1.54, 1.807) is 24.3 Å². The van der Waals surface area contributed by atoms with Crippen molar-refractivity contribution in [3.63, 3.8) is 0 Å². The van der Waals surface area contributed by atoms with Gasteiger partial charge in [0.2, 0.25) is 0 Å². The maximum atomic E-state index is 12.7. The number of hydrogen-bond donors (Lipinski definition) is 2. The third-order valence-electron chi connectivity index (χ3n) is 6.10. The summed E-state index contributed by atoms with van der Waals surface area (Å²) in [7, 11) is -3.62. The molecule has 0 bridgehead atoms. The summed E-state index contributed by atoms with van der Waals surface area (Å²) >= 11 is 0. The minimum atomic E-state index is -3.62. The van der Waals surface area contributed by atoms with Gasteiger partial charge in [-0.1, -0.05) is 38.5 Å². The summed E-state index contributed by atoms with van der Waals surface area (Å²) in [5, 5.41) is 0. The standard InChI is InChI=1S/C23H36N2O4S/c1-17-9-11-19(12-10-17)30(26,27)25-24-21-8-6-7-18(2)20(21)13-14-23(5)28-15-22(3,4)16-29-23/h9-12,18,24-25H,6-8,13-16H2,1-5H3/t18-/m1/s1. The fraction of sp³-hybridized carbons (Fsp3) is 0.652. The summed E-state index contributed by atoms with van der Waals surface area (Å²) < 4.78 is 37.4. The van der Waals surface area contributed by atoms with Crippen molar-refractivity contribution >= 4 is 10.0 Å². The SMILES string of the molecule is Cc1ccc(S(=O)(=O)NNC2=C(CCC3(C)OCC(C)(C)CO3)[C@H](C)CCC2)cc1. The number of allylic oxidation sites excluding steroid dienone is 2. The zero-order valence-electron chi connectivity index (χ0n) is 18.9. The first-order chi connectivity index (χ1) is 14.0. The molecular weight excluding hydrogens is 400 g/mol. The maximum Gasteiger partial charge on any atom is 0.257 e. The molecule has 1 aromatic rings.